The second kappa shape index (κ2) is 16.9. The number of ether oxygens (including phenoxy) is 1. The fourth-order valence-electron chi connectivity index (χ4n) is 1.97. The van der Waals surface area contributed by atoms with E-state index in [0.29, 0.717) is 6.61 Å². The van der Waals surface area contributed by atoms with Crippen molar-refractivity contribution in [2.24, 2.45) is 0 Å². The first-order valence-electron chi connectivity index (χ1n) is 7.81. The van der Waals surface area contributed by atoms with Crippen LogP contribution in [-0.2, 0) is 4.74 Å². The van der Waals surface area contributed by atoms with Gasteiger partial charge in [0.2, 0.25) is 0 Å². The third kappa shape index (κ3) is 15.9. The van der Waals surface area contributed by atoms with Gasteiger partial charge in [-0.25, -0.2) is 0 Å². The summed E-state index contributed by atoms with van der Waals surface area (Å²) in [5.41, 5.74) is 0. The van der Waals surface area contributed by atoms with Crippen LogP contribution in [0.2, 0.25) is 0 Å². The van der Waals surface area contributed by atoms with Crippen molar-refractivity contribution >= 4 is 0 Å². The van der Waals surface area contributed by atoms with E-state index >= 15 is 0 Å². The van der Waals surface area contributed by atoms with Crippen molar-refractivity contribution in [3.05, 3.63) is 0 Å². The van der Waals surface area contributed by atoms with Crippen LogP contribution in [0.25, 0.3) is 0 Å². The molecular weight excluding hydrogens is 226 g/mol. The Morgan fingerprint density at radius 3 is 2.06 bits per heavy atom. The molecule has 0 aliphatic heterocycles. The van der Waals surface area contributed by atoms with Crippen molar-refractivity contribution in [1.82, 2.24) is 5.32 Å². The molecule has 0 atom stereocenters. The van der Waals surface area contributed by atoms with E-state index in [9.17, 15) is 0 Å². The van der Waals surface area contributed by atoms with E-state index in [1.165, 1.54) is 51.4 Å². The van der Waals surface area contributed by atoms with Gasteiger partial charge in [-0.2, -0.15) is 0 Å². The second-order valence-electron chi connectivity index (χ2n) is 4.91. The minimum Gasteiger partial charge on any atom is -0.394 e. The van der Waals surface area contributed by atoms with Crippen LogP contribution in [0.1, 0.15) is 64.7 Å². The molecule has 3 heteroatoms. The lowest BCUT2D eigenvalue weighted by Gasteiger charge is -2.05. The smallest absolute Gasteiger partial charge is 0.0697 e. The molecule has 0 aliphatic rings. The molecule has 0 heterocycles. The summed E-state index contributed by atoms with van der Waals surface area (Å²) in [6.45, 7) is 5.78. The van der Waals surface area contributed by atoms with Crippen molar-refractivity contribution in [2.75, 3.05) is 32.9 Å². The van der Waals surface area contributed by atoms with Crippen LogP contribution in [0.3, 0.4) is 0 Å². The molecule has 2 N–H and O–H groups in total. The highest BCUT2D eigenvalue weighted by Gasteiger charge is 1.92. The minimum atomic E-state index is 0.131. The number of hydrogen-bond acceptors (Lipinski definition) is 3. The van der Waals surface area contributed by atoms with Gasteiger partial charge in [0.15, 0.2) is 0 Å². The molecule has 110 valence electrons. The molecule has 0 fully saturated rings. The minimum absolute atomic E-state index is 0.131. The number of hydrogen-bond donors (Lipinski definition) is 2. The van der Waals surface area contributed by atoms with Crippen LogP contribution in [0, 0.1) is 0 Å². The fourth-order valence-corrected chi connectivity index (χ4v) is 1.97. The SMILES string of the molecule is CCCCCCCCCCNCCCOCCO. The van der Waals surface area contributed by atoms with Crippen LogP contribution in [0.5, 0.6) is 0 Å². The average Bonchev–Trinajstić information content (AvgIpc) is 2.39. The van der Waals surface area contributed by atoms with E-state index in [1.807, 2.05) is 0 Å². The molecule has 18 heavy (non-hydrogen) atoms. The Labute approximate surface area is 113 Å². The molecule has 0 aliphatic carbocycles. The summed E-state index contributed by atoms with van der Waals surface area (Å²) in [7, 11) is 0. The number of nitrogens with one attached hydrogen (secondary N) is 1. The molecule has 0 spiro atoms. The maximum atomic E-state index is 8.52. The largest absolute Gasteiger partial charge is 0.394 e. The van der Waals surface area contributed by atoms with Gasteiger partial charge in [-0.05, 0) is 25.9 Å². The van der Waals surface area contributed by atoms with Gasteiger partial charge in [0.05, 0.1) is 13.2 Å². The summed E-state index contributed by atoms with van der Waals surface area (Å²) in [5, 5.41) is 11.9. The summed E-state index contributed by atoms with van der Waals surface area (Å²) in [5.74, 6) is 0. The van der Waals surface area contributed by atoms with Crippen molar-refractivity contribution in [1.29, 1.82) is 0 Å². The van der Waals surface area contributed by atoms with E-state index in [2.05, 4.69) is 12.2 Å². The Hall–Kier alpha value is -0.120. The van der Waals surface area contributed by atoms with Crippen molar-refractivity contribution in [2.45, 2.75) is 64.7 Å². The Morgan fingerprint density at radius 2 is 1.39 bits per heavy atom. The van der Waals surface area contributed by atoms with Crippen molar-refractivity contribution in [3.8, 4) is 0 Å². The van der Waals surface area contributed by atoms with E-state index < -0.39 is 0 Å². The number of aliphatic hydroxyl groups excluding tert-OH is 1. The lowest BCUT2D eigenvalue weighted by Crippen LogP contribution is -2.18. The molecule has 3 nitrogen and oxygen atoms in total. The first-order valence-corrected chi connectivity index (χ1v) is 7.81. The first-order chi connectivity index (χ1) is 8.91. The van der Waals surface area contributed by atoms with Gasteiger partial charge < -0.3 is 15.2 Å². The summed E-state index contributed by atoms with van der Waals surface area (Å²) >= 11 is 0. The topological polar surface area (TPSA) is 41.5 Å². The predicted molar refractivity (Wildman–Crippen MR) is 78.0 cm³/mol. The van der Waals surface area contributed by atoms with Gasteiger partial charge in [0.1, 0.15) is 0 Å². The predicted octanol–water partition coefficient (Wildman–Crippen LogP) is 3.12. The van der Waals surface area contributed by atoms with Gasteiger partial charge in [0, 0.05) is 6.61 Å². The molecule has 0 saturated heterocycles. The Balaban J connectivity index is 2.86. The third-order valence-corrected chi connectivity index (χ3v) is 3.08. The Bertz CT molecular complexity index is 126. The summed E-state index contributed by atoms with van der Waals surface area (Å²) in [6, 6.07) is 0. The molecule has 0 aromatic carbocycles. The molecule has 0 rings (SSSR count). The standard InChI is InChI=1S/C15H33NO2/c1-2-3-4-5-6-7-8-9-11-16-12-10-14-18-15-13-17/h16-17H,2-15H2,1H3. The molecule has 0 unspecified atom stereocenters. The van der Waals surface area contributed by atoms with Crippen LogP contribution >= 0.6 is 0 Å². The summed E-state index contributed by atoms with van der Waals surface area (Å²) in [6.07, 6.45) is 12.1. The molecule has 0 saturated carbocycles. The molecule has 0 amide bonds. The van der Waals surface area contributed by atoms with Crippen LogP contribution in [0.4, 0.5) is 0 Å². The highest BCUT2D eigenvalue weighted by Crippen LogP contribution is 2.07. The number of rotatable bonds is 15. The van der Waals surface area contributed by atoms with E-state index in [-0.39, 0.29) is 6.61 Å². The zero-order valence-electron chi connectivity index (χ0n) is 12.3. The zero-order chi connectivity index (χ0) is 13.3. The normalized spacial score (nSPS) is 11.0. The maximum Gasteiger partial charge on any atom is 0.0697 e. The fraction of sp³-hybridized carbons (Fsp3) is 1.00. The van der Waals surface area contributed by atoms with Crippen LogP contribution in [0.15, 0.2) is 0 Å². The van der Waals surface area contributed by atoms with Crippen molar-refractivity contribution < 1.29 is 9.84 Å². The second-order valence-corrected chi connectivity index (χ2v) is 4.91. The molecule has 0 radical (unpaired) electrons. The average molecular weight is 259 g/mol. The third-order valence-electron chi connectivity index (χ3n) is 3.08. The van der Waals surface area contributed by atoms with Gasteiger partial charge in [-0.3, -0.25) is 0 Å². The van der Waals surface area contributed by atoms with E-state index in [1.54, 1.807) is 0 Å². The van der Waals surface area contributed by atoms with Gasteiger partial charge in [0.25, 0.3) is 0 Å². The highest BCUT2D eigenvalue weighted by molar-refractivity contribution is 4.50. The summed E-state index contributed by atoms with van der Waals surface area (Å²) in [4.78, 5) is 0. The van der Waals surface area contributed by atoms with Crippen LogP contribution < -0.4 is 5.32 Å². The van der Waals surface area contributed by atoms with E-state index in [0.717, 1.165) is 26.1 Å². The Kier molecular flexibility index (Phi) is 16.8. The lowest BCUT2D eigenvalue weighted by molar-refractivity contribution is 0.0907. The van der Waals surface area contributed by atoms with Crippen molar-refractivity contribution in [3.63, 3.8) is 0 Å². The summed E-state index contributed by atoms with van der Waals surface area (Å²) < 4.78 is 5.18. The maximum absolute atomic E-state index is 8.52. The van der Waals surface area contributed by atoms with Gasteiger partial charge in [-0.1, -0.05) is 51.9 Å². The van der Waals surface area contributed by atoms with E-state index in [4.69, 9.17) is 9.84 Å². The number of aliphatic hydroxyl groups is 1. The monoisotopic (exact) mass is 259 g/mol. The van der Waals surface area contributed by atoms with Gasteiger partial charge in [-0.15, -0.1) is 0 Å². The number of unbranched alkanes of at least 4 members (excludes halogenated alkanes) is 7. The molecule has 0 aromatic rings. The molecule has 0 bridgehead atoms. The highest BCUT2D eigenvalue weighted by atomic mass is 16.5. The Morgan fingerprint density at radius 1 is 0.778 bits per heavy atom. The van der Waals surface area contributed by atoms with Crippen LogP contribution in [-0.4, -0.2) is 38.0 Å². The quantitative estimate of drug-likeness (QED) is 0.444. The first kappa shape index (κ1) is 17.9. The van der Waals surface area contributed by atoms with Gasteiger partial charge >= 0.3 is 0 Å². The lowest BCUT2D eigenvalue weighted by atomic mass is 10.1. The molecule has 0 aromatic heterocycles. The molecular formula is C15H33NO2. The zero-order valence-corrected chi connectivity index (χ0v) is 12.3.